The van der Waals surface area contributed by atoms with Gasteiger partial charge in [-0.05, 0) is 24.2 Å². The lowest BCUT2D eigenvalue weighted by Gasteiger charge is -2.19. The van der Waals surface area contributed by atoms with E-state index in [1.807, 2.05) is 0 Å². The third-order valence-electron chi connectivity index (χ3n) is 4.56. The Balaban J connectivity index is 3.53. The van der Waals surface area contributed by atoms with E-state index < -0.39 is 0 Å². The molecule has 0 rings (SSSR count). The highest BCUT2D eigenvalue weighted by molar-refractivity contribution is 4.63. The van der Waals surface area contributed by atoms with Gasteiger partial charge in [-0.15, -0.1) is 0 Å². The summed E-state index contributed by atoms with van der Waals surface area (Å²) in [6, 6.07) is 0. The molecule has 0 N–H and O–H groups in total. The fourth-order valence-electron chi connectivity index (χ4n) is 3.12. The molecule has 0 aliphatic heterocycles. The summed E-state index contributed by atoms with van der Waals surface area (Å²) < 4.78 is 0. The zero-order valence-corrected chi connectivity index (χ0v) is 14.5. The van der Waals surface area contributed by atoms with Gasteiger partial charge in [0.05, 0.1) is 0 Å². The van der Waals surface area contributed by atoms with Crippen molar-refractivity contribution in [2.45, 2.75) is 105 Å². The quantitative estimate of drug-likeness (QED) is 0.309. The average Bonchev–Trinajstić information content (AvgIpc) is 2.37. The van der Waals surface area contributed by atoms with Crippen molar-refractivity contribution in [3.8, 4) is 0 Å². The van der Waals surface area contributed by atoms with Gasteiger partial charge in [0.1, 0.15) is 0 Å². The van der Waals surface area contributed by atoms with Crippen molar-refractivity contribution >= 4 is 0 Å². The second-order valence-corrected chi connectivity index (χ2v) is 7.12. The molecule has 0 aliphatic carbocycles. The first-order chi connectivity index (χ1) is 9.10. The van der Waals surface area contributed by atoms with Crippen molar-refractivity contribution in [3.63, 3.8) is 0 Å². The molecule has 0 saturated heterocycles. The van der Waals surface area contributed by atoms with Crippen LogP contribution in [0.3, 0.4) is 0 Å². The van der Waals surface area contributed by atoms with E-state index in [0.717, 1.165) is 17.8 Å². The van der Waals surface area contributed by atoms with Crippen LogP contribution in [0.15, 0.2) is 0 Å². The lowest BCUT2D eigenvalue weighted by Crippen LogP contribution is -2.06. The molecule has 19 heavy (non-hydrogen) atoms. The summed E-state index contributed by atoms with van der Waals surface area (Å²) in [6.07, 6.45) is 15.7. The summed E-state index contributed by atoms with van der Waals surface area (Å²) in [7, 11) is 0. The lowest BCUT2D eigenvalue weighted by atomic mass is 9.87. The minimum Gasteiger partial charge on any atom is -0.0654 e. The maximum Gasteiger partial charge on any atom is -0.0440 e. The van der Waals surface area contributed by atoms with Crippen molar-refractivity contribution in [1.82, 2.24) is 0 Å². The summed E-state index contributed by atoms with van der Waals surface area (Å²) in [4.78, 5) is 0. The zero-order chi connectivity index (χ0) is 14.5. The van der Waals surface area contributed by atoms with Gasteiger partial charge in [0, 0.05) is 0 Å². The second kappa shape index (κ2) is 13.0. The fraction of sp³-hybridized carbons (Fsp3) is 1.00. The zero-order valence-electron chi connectivity index (χ0n) is 14.5. The van der Waals surface area contributed by atoms with E-state index >= 15 is 0 Å². The molecule has 0 amide bonds. The van der Waals surface area contributed by atoms with E-state index in [2.05, 4.69) is 34.6 Å². The molecule has 0 radical (unpaired) electrons. The van der Waals surface area contributed by atoms with Gasteiger partial charge in [0.15, 0.2) is 0 Å². The van der Waals surface area contributed by atoms with Crippen LogP contribution in [0.4, 0.5) is 0 Å². The first-order valence-electron chi connectivity index (χ1n) is 9.10. The van der Waals surface area contributed by atoms with Crippen molar-refractivity contribution in [2.24, 2.45) is 17.8 Å². The predicted octanol–water partition coefficient (Wildman–Crippen LogP) is 7.23. The van der Waals surface area contributed by atoms with Crippen LogP contribution < -0.4 is 0 Å². The molecule has 0 aliphatic rings. The maximum atomic E-state index is 2.47. The molecule has 0 saturated carbocycles. The molecular weight excluding hydrogens is 228 g/mol. The van der Waals surface area contributed by atoms with E-state index in [9.17, 15) is 0 Å². The van der Waals surface area contributed by atoms with Gasteiger partial charge in [-0.1, -0.05) is 98.8 Å². The summed E-state index contributed by atoms with van der Waals surface area (Å²) in [5.41, 5.74) is 0. The van der Waals surface area contributed by atoms with Gasteiger partial charge in [-0.2, -0.15) is 0 Å². The summed E-state index contributed by atoms with van der Waals surface area (Å²) >= 11 is 0. The van der Waals surface area contributed by atoms with Crippen LogP contribution in [0.1, 0.15) is 105 Å². The van der Waals surface area contributed by atoms with E-state index in [0.29, 0.717) is 0 Å². The van der Waals surface area contributed by atoms with Crippen molar-refractivity contribution in [1.29, 1.82) is 0 Å². The number of hydrogen-bond donors (Lipinski definition) is 0. The van der Waals surface area contributed by atoms with E-state index in [1.54, 1.807) is 0 Å². The molecule has 0 aromatic rings. The van der Waals surface area contributed by atoms with Crippen LogP contribution in [-0.2, 0) is 0 Å². The van der Waals surface area contributed by atoms with E-state index in [-0.39, 0.29) is 0 Å². The highest BCUT2D eigenvalue weighted by atomic mass is 14.2. The molecule has 0 spiro atoms. The molecule has 116 valence electrons. The molecule has 0 aromatic heterocycles. The molecule has 0 aromatic carbocycles. The smallest absolute Gasteiger partial charge is 0.0440 e. The van der Waals surface area contributed by atoms with Gasteiger partial charge in [-0.25, -0.2) is 0 Å². The average molecular weight is 269 g/mol. The standard InChI is InChI=1S/C19H40/c1-6-8-10-12-17(3)14-15-19(5)16-18(4)13-11-9-7-2/h17-19H,6-16H2,1-5H3. The fourth-order valence-corrected chi connectivity index (χ4v) is 3.12. The monoisotopic (exact) mass is 268 g/mol. The first kappa shape index (κ1) is 19.0. The highest BCUT2D eigenvalue weighted by Gasteiger charge is 2.10. The lowest BCUT2D eigenvalue weighted by molar-refractivity contribution is 0.335. The Kier molecular flexibility index (Phi) is 13.0. The second-order valence-electron chi connectivity index (χ2n) is 7.12. The van der Waals surface area contributed by atoms with Crippen LogP contribution in [0.25, 0.3) is 0 Å². The van der Waals surface area contributed by atoms with Crippen LogP contribution in [-0.4, -0.2) is 0 Å². The van der Waals surface area contributed by atoms with Crippen molar-refractivity contribution < 1.29 is 0 Å². The van der Waals surface area contributed by atoms with Gasteiger partial charge in [0.25, 0.3) is 0 Å². The summed E-state index contributed by atoms with van der Waals surface area (Å²) in [5.74, 6) is 2.83. The van der Waals surface area contributed by atoms with Crippen LogP contribution in [0.2, 0.25) is 0 Å². The Hall–Kier alpha value is 0. The largest absolute Gasteiger partial charge is 0.0654 e. The van der Waals surface area contributed by atoms with E-state index in [1.165, 1.54) is 70.6 Å². The summed E-state index contributed by atoms with van der Waals surface area (Å²) in [6.45, 7) is 12.0. The number of rotatable bonds is 13. The van der Waals surface area contributed by atoms with Crippen LogP contribution in [0, 0.1) is 17.8 Å². The van der Waals surface area contributed by atoms with Gasteiger partial charge in [0.2, 0.25) is 0 Å². The Morgan fingerprint density at radius 1 is 0.526 bits per heavy atom. The van der Waals surface area contributed by atoms with Crippen molar-refractivity contribution in [2.75, 3.05) is 0 Å². The molecular formula is C19H40. The van der Waals surface area contributed by atoms with Gasteiger partial charge in [-0.3, -0.25) is 0 Å². The first-order valence-corrected chi connectivity index (χ1v) is 9.10. The summed E-state index contributed by atoms with van der Waals surface area (Å²) in [5, 5.41) is 0. The SMILES string of the molecule is CCCCCC(C)CCC(C)CC(C)CCCCC. The van der Waals surface area contributed by atoms with Crippen molar-refractivity contribution in [3.05, 3.63) is 0 Å². The van der Waals surface area contributed by atoms with Gasteiger partial charge >= 0.3 is 0 Å². The minimum absolute atomic E-state index is 0.935. The van der Waals surface area contributed by atoms with Gasteiger partial charge < -0.3 is 0 Å². The number of unbranched alkanes of at least 4 members (excludes halogenated alkanes) is 4. The highest BCUT2D eigenvalue weighted by Crippen LogP contribution is 2.24. The van der Waals surface area contributed by atoms with E-state index in [4.69, 9.17) is 0 Å². The Morgan fingerprint density at radius 2 is 0.947 bits per heavy atom. The molecule has 0 heteroatoms. The topological polar surface area (TPSA) is 0 Å². The molecule has 3 atom stereocenters. The minimum atomic E-state index is 0.935. The number of hydrogen-bond acceptors (Lipinski definition) is 0. The molecule has 0 fully saturated rings. The molecule has 0 bridgehead atoms. The Labute approximate surface area is 123 Å². The Morgan fingerprint density at radius 3 is 1.47 bits per heavy atom. The molecule has 0 nitrogen and oxygen atoms in total. The maximum absolute atomic E-state index is 2.47. The third-order valence-corrected chi connectivity index (χ3v) is 4.56. The molecule has 0 heterocycles. The normalized spacial score (nSPS) is 16.3. The predicted molar refractivity (Wildman–Crippen MR) is 89.6 cm³/mol. The van der Waals surface area contributed by atoms with Crippen LogP contribution in [0.5, 0.6) is 0 Å². The Bertz CT molecular complexity index is 173. The molecule has 3 unspecified atom stereocenters. The van der Waals surface area contributed by atoms with Crippen LogP contribution >= 0.6 is 0 Å². The third kappa shape index (κ3) is 12.8.